The summed E-state index contributed by atoms with van der Waals surface area (Å²) in [5, 5.41) is 12.4. The molecule has 0 atom stereocenters. The number of rotatable bonds is 4. The summed E-state index contributed by atoms with van der Waals surface area (Å²) in [6.45, 7) is 0.760. The number of nitrogens with zero attached hydrogens (tertiary/aromatic N) is 1. The topological polar surface area (TPSA) is 49.0 Å². The molecule has 0 aliphatic carbocycles. The predicted molar refractivity (Wildman–Crippen MR) is 67.1 cm³/mol. The normalized spacial score (nSPS) is 9.88. The largest absolute Gasteiger partial charge is 0.469 e. The van der Waals surface area contributed by atoms with E-state index < -0.39 is 0 Å². The van der Waals surface area contributed by atoms with Gasteiger partial charge < -0.3 is 9.73 Å². The van der Waals surface area contributed by atoms with Gasteiger partial charge in [-0.05, 0) is 30.3 Å². The van der Waals surface area contributed by atoms with Crippen LogP contribution in [0.4, 0.5) is 5.69 Å². The molecule has 0 unspecified atom stereocenters. The Morgan fingerprint density at radius 3 is 2.88 bits per heavy atom. The molecule has 3 nitrogen and oxygen atoms in total. The molecule has 0 aliphatic rings. The van der Waals surface area contributed by atoms with Crippen LogP contribution in [0.1, 0.15) is 11.3 Å². The van der Waals surface area contributed by atoms with Crippen LogP contribution in [0.25, 0.3) is 0 Å². The second-order valence-corrected chi connectivity index (χ2v) is 3.97. The van der Waals surface area contributed by atoms with E-state index in [0.717, 1.165) is 24.4 Å². The lowest BCUT2D eigenvalue weighted by atomic mass is 10.2. The number of hydrogen-bond acceptors (Lipinski definition) is 3. The van der Waals surface area contributed by atoms with E-state index in [1.807, 2.05) is 24.3 Å². The first-order valence-electron chi connectivity index (χ1n) is 5.25. The second-order valence-electron chi connectivity index (χ2n) is 3.56. The third kappa shape index (κ3) is 3.02. The van der Waals surface area contributed by atoms with Crippen LogP contribution < -0.4 is 5.32 Å². The summed E-state index contributed by atoms with van der Waals surface area (Å²) in [5.74, 6) is 0.942. The Morgan fingerprint density at radius 2 is 2.24 bits per heavy atom. The van der Waals surface area contributed by atoms with Gasteiger partial charge in [-0.3, -0.25) is 0 Å². The van der Waals surface area contributed by atoms with Crippen molar-refractivity contribution in [3.63, 3.8) is 0 Å². The lowest BCUT2D eigenvalue weighted by Gasteiger charge is -2.06. The molecule has 1 N–H and O–H groups in total. The third-order valence-corrected chi connectivity index (χ3v) is 2.68. The van der Waals surface area contributed by atoms with E-state index >= 15 is 0 Å². The van der Waals surface area contributed by atoms with Crippen LogP contribution in [0.2, 0.25) is 5.02 Å². The average Bonchev–Trinajstić information content (AvgIpc) is 2.82. The molecule has 1 heterocycles. The van der Waals surface area contributed by atoms with E-state index in [1.165, 1.54) is 0 Å². The van der Waals surface area contributed by atoms with Crippen LogP contribution in [0, 0.1) is 11.3 Å². The fraction of sp³-hybridized carbons (Fsp3) is 0.154. The quantitative estimate of drug-likeness (QED) is 0.899. The number of hydrogen-bond donors (Lipinski definition) is 1. The monoisotopic (exact) mass is 246 g/mol. The Labute approximate surface area is 105 Å². The molecule has 2 rings (SSSR count). The van der Waals surface area contributed by atoms with Crippen molar-refractivity contribution in [3.05, 3.63) is 52.9 Å². The van der Waals surface area contributed by atoms with Crippen molar-refractivity contribution in [2.75, 3.05) is 11.9 Å². The van der Waals surface area contributed by atoms with Gasteiger partial charge in [-0.15, -0.1) is 0 Å². The summed E-state index contributed by atoms with van der Waals surface area (Å²) in [4.78, 5) is 0. The van der Waals surface area contributed by atoms with Gasteiger partial charge in [0.1, 0.15) is 11.8 Å². The number of halogens is 1. The minimum Gasteiger partial charge on any atom is -0.469 e. The van der Waals surface area contributed by atoms with Crippen molar-refractivity contribution in [1.29, 1.82) is 5.26 Å². The van der Waals surface area contributed by atoms with Crippen LogP contribution in [0.15, 0.2) is 41.0 Å². The molecule has 86 valence electrons. The zero-order chi connectivity index (χ0) is 12.1. The highest BCUT2D eigenvalue weighted by Gasteiger charge is 2.01. The number of nitriles is 1. The SMILES string of the molecule is N#Cc1ccc(NCCc2ccco2)cc1Cl. The average molecular weight is 247 g/mol. The lowest BCUT2D eigenvalue weighted by molar-refractivity contribution is 0.513. The van der Waals surface area contributed by atoms with E-state index in [9.17, 15) is 0 Å². The van der Waals surface area contributed by atoms with E-state index in [-0.39, 0.29) is 0 Å². The Balaban J connectivity index is 1.91. The molecule has 0 saturated carbocycles. The maximum absolute atomic E-state index is 8.74. The van der Waals surface area contributed by atoms with Gasteiger partial charge in [0.2, 0.25) is 0 Å². The Hall–Kier alpha value is -1.92. The fourth-order valence-electron chi connectivity index (χ4n) is 1.50. The number of nitrogens with one attached hydrogen (secondary N) is 1. The summed E-state index contributed by atoms with van der Waals surface area (Å²) in [5.41, 5.74) is 1.39. The van der Waals surface area contributed by atoms with Crippen LogP contribution in [0.3, 0.4) is 0 Å². The Bertz CT molecular complexity index is 529. The van der Waals surface area contributed by atoms with Gasteiger partial charge in [0, 0.05) is 18.7 Å². The molecule has 1 aromatic carbocycles. The molecule has 0 bridgehead atoms. The van der Waals surface area contributed by atoms with Crippen molar-refractivity contribution < 1.29 is 4.42 Å². The minimum absolute atomic E-state index is 0.468. The molecular formula is C13H11ClN2O. The first-order valence-corrected chi connectivity index (χ1v) is 5.63. The lowest BCUT2D eigenvalue weighted by Crippen LogP contribution is -2.04. The maximum atomic E-state index is 8.74. The highest BCUT2D eigenvalue weighted by atomic mass is 35.5. The molecule has 0 radical (unpaired) electrons. The third-order valence-electron chi connectivity index (χ3n) is 2.37. The van der Waals surface area contributed by atoms with Gasteiger partial charge in [-0.2, -0.15) is 5.26 Å². The molecule has 0 fully saturated rings. The van der Waals surface area contributed by atoms with Crippen molar-refractivity contribution in [3.8, 4) is 6.07 Å². The van der Waals surface area contributed by atoms with Crippen LogP contribution in [-0.2, 0) is 6.42 Å². The molecule has 0 aliphatic heterocycles. The highest BCUT2D eigenvalue weighted by Crippen LogP contribution is 2.20. The first-order chi connectivity index (χ1) is 8.29. The zero-order valence-electron chi connectivity index (χ0n) is 9.11. The summed E-state index contributed by atoms with van der Waals surface area (Å²) in [6, 6.07) is 11.1. The van der Waals surface area contributed by atoms with E-state index in [0.29, 0.717) is 10.6 Å². The van der Waals surface area contributed by atoms with Crippen molar-refractivity contribution in [2.24, 2.45) is 0 Å². The fourth-order valence-corrected chi connectivity index (χ4v) is 1.72. The molecule has 1 aromatic heterocycles. The smallest absolute Gasteiger partial charge is 0.105 e. The molecule has 2 aromatic rings. The van der Waals surface area contributed by atoms with Gasteiger partial charge in [0.05, 0.1) is 16.8 Å². The van der Waals surface area contributed by atoms with E-state index in [2.05, 4.69) is 5.32 Å². The Kier molecular flexibility index (Phi) is 3.69. The van der Waals surface area contributed by atoms with Gasteiger partial charge in [-0.25, -0.2) is 0 Å². The number of furan rings is 1. The maximum Gasteiger partial charge on any atom is 0.105 e. The van der Waals surface area contributed by atoms with Crippen molar-refractivity contribution in [2.45, 2.75) is 6.42 Å². The standard InChI is InChI=1S/C13H11ClN2O/c14-13-8-11(4-3-10(13)9-15)16-6-5-12-2-1-7-17-12/h1-4,7-8,16H,5-6H2. The summed E-state index contributed by atoms with van der Waals surface area (Å²) < 4.78 is 5.22. The molecular weight excluding hydrogens is 236 g/mol. The molecule has 0 saturated heterocycles. The first kappa shape index (κ1) is 11.6. The van der Waals surface area contributed by atoms with Gasteiger partial charge in [0.25, 0.3) is 0 Å². The predicted octanol–water partition coefficient (Wildman–Crippen LogP) is 3.46. The molecule has 17 heavy (non-hydrogen) atoms. The van der Waals surface area contributed by atoms with E-state index in [1.54, 1.807) is 18.4 Å². The number of benzene rings is 1. The van der Waals surface area contributed by atoms with Crippen LogP contribution in [-0.4, -0.2) is 6.54 Å². The van der Waals surface area contributed by atoms with E-state index in [4.69, 9.17) is 21.3 Å². The highest BCUT2D eigenvalue weighted by molar-refractivity contribution is 6.32. The van der Waals surface area contributed by atoms with Crippen LogP contribution >= 0.6 is 11.6 Å². The second kappa shape index (κ2) is 5.42. The summed E-state index contributed by atoms with van der Waals surface area (Å²) in [6.07, 6.45) is 2.47. The van der Waals surface area contributed by atoms with Gasteiger partial charge in [0.15, 0.2) is 0 Å². The van der Waals surface area contributed by atoms with Gasteiger partial charge in [-0.1, -0.05) is 11.6 Å². The minimum atomic E-state index is 0.468. The summed E-state index contributed by atoms with van der Waals surface area (Å²) in [7, 11) is 0. The summed E-state index contributed by atoms with van der Waals surface area (Å²) >= 11 is 5.93. The molecule has 0 amide bonds. The Morgan fingerprint density at radius 1 is 1.35 bits per heavy atom. The van der Waals surface area contributed by atoms with Crippen molar-refractivity contribution in [1.82, 2.24) is 0 Å². The molecule has 4 heteroatoms. The molecule has 0 spiro atoms. The van der Waals surface area contributed by atoms with Gasteiger partial charge >= 0.3 is 0 Å². The van der Waals surface area contributed by atoms with Crippen molar-refractivity contribution >= 4 is 17.3 Å². The zero-order valence-corrected chi connectivity index (χ0v) is 9.87. The van der Waals surface area contributed by atoms with Crippen LogP contribution in [0.5, 0.6) is 0 Å². The number of anilines is 1.